The van der Waals surface area contributed by atoms with Crippen LogP contribution in [0.4, 0.5) is 10.6 Å². The molecule has 1 unspecified atom stereocenters. The predicted octanol–water partition coefficient (Wildman–Crippen LogP) is 4.24. The molecule has 1 aliphatic heterocycles. The van der Waals surface area contributed by atoms with E-state index in [2.05, 4.69) is 40.9 Å². The highest BCUT2D eigenvalue weighted by Crippen LogP contribution is 2.40. The third kappa shape index (κ3) is 3.11. The Morgan fingerprint density at radius 2 is 2.29 bits per heavy atom. The molecule has 2 amide bonds. The lowest BCUT2D eigenvalue weighted by atomic mass is 10.1. The fraction of sp³-hybridized carbons (Fsp3) is 0.444. The maximum Gasteiger partial charge on any atom is 0.323 e. The molecule has 5 nitrogen and oxygen atoms in total. The molecule has 0 radical (unpaired) electrons. The van der Waals surface area contributed by atoms with Crippen LogP contribution in [0, 0.1) is 5.92 Å². The molecule has 0 saturated heterocycles. The number of urea groups is 1. The maximum atomic E-state index is 12.6. The van der Waals surface area contributed by atoms with Gasteiger partial charge in [-0.1, -0.05) is 12.1 Å². The first-order valence-electron chi connectivity index (χ1n) is 8.55. The fourth-order valence-electron chi connectivity index (χ4n) is 3.24. The Morgan fingerprint density at radius 3 is 2.96 bits per heavy atom. The summed E-state index contributed by atoms with van der Waals surface area (Å²) >= 11 is 1.76. The van der Waals surface area contributed by atoms with Crippen molar-refractivity contribution >= 4 is 28.8 Å². The van der Waals surface area contributed by atoms with E-state index in [0.717, 1.165) is 18.8 Å². The van der Waals surface area contributed by atoms with Crippen molar-refractivity contribution in [2.24, 2.45) is 5.92 Å². The maximum absolute atomic E-state index is 12.6. The van der Waals surface area contributed by atoms with Crippen molar-refractivity contribution in [2.75, 3.05) is 18.4 Å². The highest BCUT2D eigenvalue weighted by atomic mass is 32.1. The first-order chi connectivity index (χ1) is 11.7. The minimum absolute atomic E-state index is 0.0405. The van der Waals surface area contributed by atoms with Crippen molar-refractivity contribution < 1.29 is 4.79 Å². The number of hydrogen-bond acceptors (Lipinski definition) is 3. The van der Waals surface area contributed by atoms with Crippen molar-refractivity contribution in [3.05, 3.63) is 40.7 Å². The van der Waals surface area contributed by atoms with E-state index in [-0.39, 0.29) is 6.03 Å². The quantitative estimate of drug-likeness (QED) is 0.903. The van der Waals surface area contributed by atoms with Gasteiger partial charge in [0.05, 0.1) is 12.2 Å². The van der Waals surface area contributed by atoms with Gasteiger partial charge in [-0.25, -0.2) is 9.48 Å². The topological polar surface area (TPSA) is 50.2 Å². The molecule has 0 aromatic carbocycles. The van der Waals surface area contributed by atoms with E-state index in [1.165, 1.54) is 23.3 Å². The number of nitrogens with one attached hydrogen (secondary N) is 1. The summed E-state index contributed by atoms with van der Waals surface area (Å²) in [7, 11) is 0. The summed E-state index contributed by atoms with van der Waals surface area (Å²) in [5.74, 6) is 1.50. The molecular weight excluding hydrogens is 320 g/mol. The summed E-state index contributed by atoms with van der Waals surface area (Å²) < 4.78 is 1.95. The van der Waals surface area contributed by atoms with Crippen molar-refractivity contribution in [3.63, 3.8) is 0 Å². The number of amides is 2. The summed E-state index contributed by atoms with van der Waals surface area (Å²) in [5.41, 5.74) is 1.35. The standard InChI is InChI=1S/C18H22N4OS/c1-13(14-4-5-14)22-17(6-9-19-22)20-18(23)21-10-7-15(8-11-21)16-3-2-12-24-16/h2-3,6-7,9,12-14H,4-5,8,10-11H2,1H3,(H,20,23). The average molecular weight is 342 g/mol. The van der Waals surface area contributed by atoms with Crippen LogP contribution in [0.25, 0.3) is 5.57 Å². The summed E-state index contributed by atoms with van der Waals surface area (Å²) in [6.07, 6.45) is 7.36. The summed E-state index contributed by atoms with van der Waals surface area (Å²) in [6, 6.07) is 6.41. The summed E-state index contributed by atoms with van der Waals surface area (Å²) in [6.45, 7) is 3.59. The molecule has 6 heteroatoms. The summed E-state index contributed by atoms with van der Waals surface area (Å²) in [5, 5.41) is 9.52. The fourth-order valence-corrected chi connectivity index (χ4v) is 4.04. The zero-order valence-corrected chi connectivity index (χ0v) is 14.6. The van der Waals surface area contributed by atoms with E-state index >= 15 is 0 Å². The highest BCUT2D eigenvalue weighted by molar-refractivity contribution is 7.11. The predicted molar refractivity (Wildman–Crippen MR) is 97.2 cm³/mol. The van der Waals surface area contributed by atoms with Crippen LogP contribution in [0.1, 0.15) is 37.1 Å². The Morgan fingerprint density at radius 1 is 1.42 bits per heavy atom. The van der Waals surface area contributed by atoms with E-state index in [0.29, 0.717) is 18.5 Å². The zero-order valence-electron chi connectivity index (χ0n) is 13.8. The molecule has 1 atom stereocenters. The molecular formula is C18H22N4OS. The molecule has 0 spiro atoms. The Bertz CT molecular complexity index is 745. The van der Waals surface area contributed by atoms with E-state index in [1.54, 1.807) is 17.5 Å². The lowest BCUT2D eigenvalue weighted by molar-refractivity contribution is 0.216. The largest absolute Gasteiger partial charge is 0.323 e. The third-order valence-corrected chi connectivity index (χ3v) is 5.87. The second-order valence-corrected chi connectivity index (χ2v) is 7.52. The van der Waals surface area contributed by atoms with Gasteiger partial charge in [-0.3, -0.25) is 5.32 Å². The van der Waals surface area contributed by atoms with E-state index < -0.39 is 0 Å². The van der Waals surface area contributed by atoms with Gasteiger partial charge < -0.3 is 4.90 Å². The Balaban J connectivity index is 1.40. The van der Waals surface area contributed by atoms with Gasteiger partial charge in [-0.2, -0.15) is 5.10 Å². The van der Waals surface area contributed by atoms with E-state index in [4.69, 9.17) is 0 Å². The number of rotatable bonds is 4. The molecule has 126 valence electrons. The Kier molecular flexibility index (Phi) is 4.14. The van der Waals surface area contributed by atoms with Crippen LogP contribution in [-0.2, 0) is 0 Å². The second kappa shape index (κ2) is 6.43. The molecule has 1 N–H and O–H groups in total. The number of hydrogen-bond donors (Lipinski definition) is 1. The number of thiophene rings is 1. The van der Waals surface area contributed by atoms with Crippen LogP contribution in [0.15, 0.2) is 35.9 Å². The molecule has 1 fully saturated rings. The molecule has 1 aliphatic carbocycles. The first-order valence-corrected chi connectivity index (χ1v) is 9.42. The monoisotopic (exact) mass is 342 g/mol. The van der Waals surface area contributed by atoms with Gasteiger partial charge in [0.25, 0.3) is 0 Å². The van der Waals surface area contributed by atoms with Gasteiger partial charge in [0.2, 0.25) is 0 Å². The zero-order chi connectivity index (χ0) is 16.5. The number of carbonyl (C=O) groups excluding carboxylic acids is 1. The van der Waals surface area contributed by atoms with Crippen LogP contribution in [0.2, 0.25) is 0 Å². The number of anilines is 1. The van der Waals surface area contributed by atoms with Crippen LogP contribution in [-0.4, -0.2) is 33.8 Å². The third-order valence-electron chi connectivity index (χ3n) is 4.93. The molecule has 2 aromatic heterocycles. The van der Waals surface area contributed by atoms with Crippen LogP contribution < -0.4 is 5.32 Å². The van der Waals surface area contributed by atoms with Crippen molar-refractivity contribution in [2.45, 2.75) is 32.2 Å². The number of carbonyl (C=O) groups is 1. The molecule has 1 saturated carbocycles. The number of nitrogens with zero attached hydrogens (tertiary/aromatic N) is 3. The number of aromatic nitrogens is 2. The summed E-state index contributed by atoms with van der Waals surface area (Å²) in [4.78, 5) is 15.7. The first kappa shape index (κ1) is 15.4. The average Bonchev–Trinajstić information content (AvgIpc) is 3.11. The molecule has 3 heterocycles. The van der Waals surface area contributed by atoms with Gasteiger partial charge in [-0.05, 0) is 49.1 Å². The lowest BCUT2D eigenvalue weighted by Gasteiger charge is -2.27. The van der Waals surface area contributed by atoms with Crippen molar-refractivity contribution in [1.82, 2.24) is 14.7 Å². The van der Waals surface area contributed by atoms with Gasteiger partial charge in [0, 0.05) is 24.0 Å². The molecule has 0 bridgehead atoms. The minimum atomic E-state index is -0.0405. The van der Waals surface area contributed by atoms with E-state index in [9.17, 15) is 4.79 Å². The smallest absolute Gasteiger partial charge is 0.320 e. The molecule has 24 heavy (non-hydrogen) atoms. The van der Waals surface area contributed by atoms with Crippen LogP contribution >= 0.6 is 11.3 Å². The van der Waals surface area contributed by atoms with Gasteiger partial charge >= 0.3 is 6.03 Å². The van der Waals surface area contributed by atoms with Crippen LogP contribution in [0.3, 0.4) is 0 Å². The molecule has 4 rings (SSSR count). The Labute approximate surface area is 146 Å². The Hall–Kier alpha value is -2.08. The van der Waals surface area contributed by atoms with E-state index in [1.807, 2.05) is 15.6 Å². The normalized spacial score (nSPS) is 19.0. The lowest BCUT2D eigenvalue weighted by Crippen LogP contribution is -2.38. The van der Waals surface area contributed by atoms with Gasteiger partial charge in [-0.15, -0.1) is 11.3 Å². The van der Waals surface area contributed by atoms with Gasteiger partial charge in [0.15, 0.2) is 0 Å². The molecule has 2 aromatic rings. The minimum Gasteiger partial charge on any atom is -0.320 e. The van der Waals surface area contributed by atoms with Crippen molar-refractivity contribution in [3.8, 4) is 0 Å². The van der Waals surface area contributed by atoms with Crippen LogP contribution in [0.5, 0.6) is 0 Å². The SMILES string of the molecule is CC(C1CC1)n1nccc1NC(=O)N1CC=C(c2cccs2)CC1. The van der Waals surface area contributed by atoms with Gasteiger partial charge in [0.1, 0.15) is 5.82 Å². The molecule has 2 aliphatic rings. The van der Waals surface area contributed by atoms with Crippen molar-refractivity contribution in [1.29, 1.82) is 0 Å². The second-order valence-electron chi connectivity index (χ2n) is 6.57. The highest BCUT2D eigenvalue weighted by Gasteiger charge is 2.31.